The second kappa shape index (κ2) is 12.2. The van der Waals surface area contributed by atoms with Crippen LogP contribution < -0.4 is 61.2 Å². The van der Waals surface area contributed by atoms with E-state index in [-0.39, 0.29) is 62.0 Å². The first-order chi connectivity index (χ1) is 12.4. The van der Waals surface area contributed by atoms with Gasteiger partial charge in [-0.3, -0.25) is 4.55 Å². The van der Waals surface area contributed by atoms with Crippen molar-refractivity contribution in [1.82, 2.24) is 0 Å². The Morgan fingerprint density at radius 2 is 1.63 bits per heavy atom. The summed E-state index contributed by atoms with van der Waals surface area (Å²) >= 11 is 0. The van der Waals surface area contributed by atoms with Gasteiger partial charge in [0.05, 0.1) is 4.90 Å². The second-order valence-corrected chi connectivity index (χ2v) is 7.73. The largest absolute Gasteiger partial charge is 1.00 e. The smallest absolute Gasteiger partial charge is 0.872 e. The zero-order valence-electron chi connectivity index (χ0n) is 16.0. The Bertz CT molecular complexity index is 821. The molecule has 1 N–H and O–H groups in total. The SMILES string of the molecule is CCCCCCCCc1cc(Oc2cccc([O-])c2)ccc1S(=O)(=O)O.[K+]. The van der Waals surface area contributed by atoms with Crippen molar-refractivity contribution in [2.75, 3.05) is 0 Å². The van der Waals surface area contributed by atoms with Crippen molar-refractivity contribution in [2.24, 2.45) is 0 Å². The van der Waals surface area contributed by atoms with E-state index in [0.29, 0.717) is 23.5 Å². The number of hydrogen-bond acceptors (Lipinski definition) is 4. The molecule has 142 valence electrons. The molecule has 0 radical (unpaired) electrons. The predicted molar refractivity (Wildman–Crippen MR) is 99.3 cm³/mol. The third-order valence-corrected chi connectivity index (χ3v) is 5.10. The van der Waals surface area contributed by atoms with E-state index in [9.17, 15) is 18.1 Å². The monoisotopic (exact) mass is 416 g/mol. The van der Waals surface area contributed by atoms with E-state index in [4.69, 9.17) is 4.74 Å². The van der Waals surface area contributed by atoms with Gasteiger partial charge >= 0.3 is 51.4 Å². The Balaban J connectivity index is 0.00000364. The first kappa shape index (κ1) is 24.6. The zero-order valence-corrected chi connectivity index (χ0v) is 19.9. The molecule has 0 heterocycles. The first-order valence-electron chi connectivity index (χ1n) is 8.95. The maximum atomic E-state index is 11.6. The summed E-state index contributed by atoms with van der Waals surface area (Å²) < 4.78 is 38.3. The summed E-state index contributed by atoms with van der Waals surface area (Å²) in [7, 11) is -4.29. The summed E-state index contributed by atoms with van der Waals surface area (Å²) in [4.78, 5) is -0.0871. The van der Waals surface area contributed by atoms with Crippen molar-refractivity contribution in [1.29, 1.82) is 0 Å². The average Bonchev–Trinajstić information content (AvgIpc) is 2.57. The van der Waals surface area contributed by atoms with Crippen molar-refractivity contribution in [3.05, 3.63) is 48.0 Å². The molecular weight excluding hydrogens is 391 g/mol. The molecule has 0 atom stereocenters. The van der Waals surface area contributed by atoms with E-state index < -0.39 is 10.1 Å². The van der Waals surface area contributed by atoms with Gasteiger partial charge in [-0.2, -0.15) is 8.42 Å². The van der Waals surface area contributed by atoms with Crippen LogP contribution in [0.25, 0.3) is 0 Å². The van der Waals surface area contributed by atoms with Crippen LogP contribution in [0.2, 0.25) is 0 Å². The number of unbranched alkanes of at least 4 members (excludes halogenated alkanes) is 5. The molecule has 2 aromatic carbocycles. The molecule has 27 heavy (non-hydrogen) atoms. The summed E-state index contributed by atoms with van der Waals surface area (Å²) in [6.45, 7) is 2.16. The average molecular weight is 417 g/mol. The number of benzene rings is 2. The van der Waals surface area contributed by atoms with Gasteiger partial charge in [0.2, 0.25) is 0 Å². The van der Waals surface area contributed by atoms with Crippen molar-refractivity contribution in [3.8, 4) is 17.2 Å². The molecule has 0 bridgehead atoms. The molecule has 0 saturated carbocycles. The molecule has 7 heteroatoms. The molecule has 2 rings (SSSR count). The van der Waals surface area contributed by atoms with Crippen LogP contribution in [0.4, 0.5) is 0 Å². The molecule has 0 amide bonds. The summed E-state index contributed by atoms with van der Waals surface area (Å²) in [5.74, 6) is 0.663. The van der Waals surface area contributed by atoms with Gasteiger partial charge in [-0.05, 0) is 48.7 Å². The van der Waals surface area contributed by atoms with E-state index in [1.165, 1.54) is 43.5 Å². The topological polar surface area (TPSA) is 86.7 Å². The standard InChI is InChI=1S/C20H26O5S.K/c1-2-3-4-5-6-7-9-16-14-19(12-13-20(16)26(22,23)24)25-18-11-8-10-17(21)15-18;/h8,10-15,21H,2-7,9H2,1H3,(H,22,23,24);/q;+1/p-1. The third kappa shape index (κ3) is 8.64. The molecule has 0 unspecified atom stereocenters. The number of ether oxygens (including phenoxy) is 1. The maximum absolute atomic E-state index is 11.6. The van der Waals surface area contributed by atoms with Crippen LogP contribution >= 0.6 is 0 Å². The second-order valence-electron chi connectivity index (χ2n) is 6.34. The van der Waals surface area contributed by atoms with Crippen LogP contribution in [0.5, 0.6) is 17.2 Å². The maximum Gasteiger partial charge on any atom is 1.00 e. The molecular formula is C20H25KO5S. The fourth-order valence-electron chi connectivity index (χ4n) is 2.84. The summed E-state index contributed by atoms with van der Waals surface area (Å²) in [6, 6.07) is 10.5. The molecule has 0 fully saturated rings. The molecule has 0 aliphatic heterocycles. The van der Waals surface area contributed by atoms with Gasteiger partial charge in [0.1, 0.15) is 11.5 Å². The fraction of sp³-hybridized carbons (Fsp3) is 0.400. The van der Waals surface area contributed by atoms with E-state index in [1.54, 1.807) is 18.2 Å². The fourth-order valence-corrected chi connectivity index (χ4v) is 3.57. The van der Waals surface area contributed by atoms with Crippen molar-refractivity contribution < 1.29 is 74.2 Å². The van der Waals surface area contributed by atoms with Crippen LogP contribution in [0.3, 0.4) is 0 Å². The van der Waals surface area contributed by atoms with Crippen molar-refractivity contribution in [2.45, 2.75) is 56.8 Å². The Hall–Kier alpha value is -0.414. The van der Waals surface area contributed by atoms with Crippen LogP contribution in [-0.2, 0) is 16.5 Å². The Morgan fingerprint density at radius 1 is 0.963 bits per heavy atom. The van der Waals surface area contributed by atoms with Crippen LogP contribution in [0, 0.1) is 0 Å². The Labute approximate surface area is 204 Å². The molecule has 0 aliphatic rings. The van der Waals surface area contributed by atoms with Gasteiger partial charge in [0.25, 0.3) is 10.1 Å². The number of aryl methyl sites for hydroxylation is 1. The van der Waals surface area contributed by atoms with Crippen molar-refractivity contribution in [3.63, 3.8) is 0 Å². The van der Waals surface area contributed by atoms with Crippen molar-refractivity contribution >= 4 is 10.1 Å². The Morgan fingerprint density at radius 3 is 2.30 bits per heavy atom. The Kier molecular flexibility index (Phi) is 11.1. The van der Waals surface area contributed by atoms with Gasteiger partial charge in [-0.1, -0.05) is 51.2 Å². The minimum Gasteiger partial charge on any atom is -0.872 e. The summed E-state index contributed by atoms with van der Waals surface area (Å²) in [5.41, 5.74) is 0.527. The van der Waals surface area contributed by atoms with Crippen LogP contribution in [-0.4, -0.2) is 13.0 Å². The molecule has 0 spiro atoms. The molecule has 5 nitrogen and oxygen atoms in total. The number of hydrogen-bond donors (Lipinski definition) is 1. The van der Waals surface area contributed by atoms with Gasteiger partial charge < -0.3 is 9.84 Å². The zero-order chi connectivity index (χ0) is 19.0. The summed E-state index contributed by atoms with van der Waals surface area (Å²) in [5, 5.41) is 11.4. The first-order valence-corrected chi connectivity index (χ1v) is 10.4. The van der Waals surface area contributed by atoms with E-state index in [0.717, 1.165) is 19.3 Å². The minimum atomic E-state index is -4.29. The molecule has 0 saturated heterocycles. The molecule has 0 aliphatic carbocycles. The van der Waals surface area contributed by atoms with Gasteiger partial charge in [-0.15, -0.1) is 5.75 Å². The van der Waals surface area contributed by atoms with E-state index in [2.05, 4.69) is 6.92 Å². The van der Waals surface area contributed by atoms with Gasteiger partial charge in [0.15, 0.2) is 0 Å². The van der Waals surface area contributed by atoms with Gasteiger partial charge in [0, 0.05) is 0 Å². The molecule has 0 aromatic heterocycles. The van der Waals surface area contributed by atoms with Gasteiger partial charge in [-0.25, -0.2) is 0 Å². The van der Waals surface area contributed by atoms with E-state index in [1.807, 2.05) is 0 Å². The third-order valence-electron chi connectivity index (χ3n) is 4.15. The molecule has 2 aromatic rings. The van der Waals surface area contributed by atoms with Crippen LogP contribution in [0.1, 0.15) is 51.0 Å². The predicted octanol–water partition coefficient (Wildman–Crippen LogP) is 1.71. The van der Waals surface area contributed by atoms with Crippen LogP contribution in [0.15, 0.2) is 47.4 Å². The number of rotatable bonds is 10. The quantitative estimate of drug-likeness (QED) is 0.362. The normalized spacial score (nSPS) is 11.0. The van der Waals surface area contributed by atoms with E-state index >= 15 is 0 Å². The summed E-state index contributed by atoms with van der Waals surface area (Å²) in [6.07, 6.45) is 7.06. The minimum absolute atomic E-state index is 0.